The number of aryl methyl sites for hydroxylation is 1. The Labute approximate surface area is 226 Å². The number of nitrogens with zero attached hydrogens (tertiary/aromatic N) is 4. The fourth-order valence-corrected chi connectivity index (χ4v) is 5.21. The highest BCUT2D eigenvalue weighted by molar-refractivity contribution is 5.97. The second-order valence-corrected chi connectivity index (χ2v) is 10.1. The first kappa shape index (κ1) is 24.9. The molecule has 0 unspecified atom stereocenters. The number of aromatic nitrogens is 3. The van der Waals surface area contributed by atoms with E-state index in [1.807, 2.05) is 55.7 Å². The number of aromatic amines is 1. The number of benzene rings is 2. The van der Waals surface area contributed by atoms with Gasteiger partial charge in [-0.2, -0.15) is 0 Å². The molecular formula is C31H31N5O3. The molecule has 0 radical (unpaired) electrons. The van der Waals surface area contributed by atoms with Gasteiger partial charge in [-0.3, -0.25) is 14.5 Å². The summed E-state index contributed by atoms with van der Waals surface area (Å²) in [6, 6.07) is 20.2. The first-order valence-corrected chi connectivity index (χ1v) is 13.2. The molecule has 5 aromatic rings. The molecule has 8 heteroatoms. The number of carbonyl (C=O) groups excluding carboxylic acids is 1. The molecule has 3 aromatic heterocycles. The van der Waals surface area contributed by atoms with Gasteiger partial charge in [0.2, 0.25) is 5.91 Å². The van der Waals surface area contributed by atoms with E-state index in [9.17, 15) is 9.59 Å². The molecule has 8 nitrogen and oxygen atoms in total. The molecule has 1 N–H and O–H groups in total. The molecule has 0 aliphatic carbocycles. The Morgan fingerprint density at radius 2 is 1.77 bits per heavy atom. The summed E-state index contributed by atoms with van der Waals surface area (Å²) >= 11 is 0. The monoisotopic (exact) mass is 521 g/mol. The molecule has 4 heterocycles. The van der Waals surface area contributed by atoms with E-state index >= 15 is 0 Å². The number of hydrogen-bond donors (Lipinski definition) is 1. The lowest BCUT2D eigenvalue weighted by Crippen LogP contribution is -2.36. The highest BCUT2D eigenvalue weighted by Crippen LogP contribution is 2.30. The summed E-state index contributed by atoms with van der Waals surface area (Å²) in [5, 5.41) is 1.95. The zero-order valence-electron chi connectivity index (χ0n) is 22.2. The van der Waals surface area contributed by atoms with Crippen LogP contribution in [-0.2, 0) is 11.8 Å². The van der Waals surface area contributed by atoms with Crippen LogP contribution in [0.4, 0.5) is 0 Å². The average molecular weight is 522 g/mol. The summed E-state index contributed by atoms with van der Waals surface area (Å²) in [6.45, 7) is 3.44. The minimum absolute atomic E-state index is 0.0378. The second-order valence-electron chi connectivity index (χ2n) is 10.1. The Bertz CT molecular complexity index is 1720. The van der Waals surface area contributed by atoms with Gasteiger partial charge in [0.25, 0.3) is 5.56 Å². The molecule has 198 valence electrons. The van der Waals surface area contributed by atoms with Gasteiger partial charge in [-0.15, -0.1) is 0 Å². The van der Waals surface area contributed by atoms with Crippen molar-refractivity contribution in [1.82, 2.24) is 24.3 Å². The van der Waals surface area contributed by atoms with Crippen LogP contribution in [0.2, 0.25) is 0 Å². The molecular weight excluding hydrogens is 490 g/mol. The lowest BCUT2D eigenvalue weighted by Gasteiger charge is -2.19. The van der Waals surface area contributed by atoms with E-state index in [4.69, 9.17) is 9.72 Å². The van der Waals surface area contributed by atoms with Gasteiger partial charge in [-0.05, 0) is 60.5 Å². The number of rotatable bonds is 6. The maximum atomic E-state index is 12.4. The number of likely N-dealkylation sites (N-methyl/N-ethyl adjacent to an activating group) is 1. The van der Waals surface area contributed by atoms with Crippen molar-refractivity contribution in [2.45, 2.75) is 6.42 Å². The van der Waals surface area contributed by atoms with Crippen LogP contribution in [0.5, 0.6) is 5.75 Å². The summed E-state index contributed by atoms with van der Waals surface area (Å²) in [6.07, 6.45) is 4.68. The third-order valence-corrected chi connectivity index (χ3v) is 7.47. The lowest BCUT2D eigenvalue weighted by atomic mass is 10.0. The molecule has 0 saturated carbocycles. The van der Waals surface area contributed by atoms with E-state index in [2.05, 4.69) is 28.1 Å². The highest BCUT2D eigenvalue weighted by atomic mass is 16.5. The molecule has 1 aliphatic heterocycles. The highest BCUT2D eigenvalue weighted by Gasteiger charge is 2.18. The van der Waals surface area contributed by atoms with Crippen LogP contribution in [0.15, 0.2) is 77.9 Å². The Hall–Kier alpha value is -4.43. The van der Waals surface area contributed by atoms with Gasteiger partial charge in [0.05, 0.1) is 17.8 Å². The predicted octanol–water partition coefficient (Wildman–Crippen LogP) is 4.29. The first-order chi connectivity index (χ1) is 19.0. The van der Waals surface area contributed by atoms with E-state index in [-0.39, 0.29) is 11.5 Å². The van der Waals surface area contributed by atoms with Crippen LogP contribution in [0.25, 0.3) is 44.2 Å². The summed E-state index contributed by atoms with van der Waals surface area (Å²) in [5.41, 5.74) is 5.43. The lowest BCUT2D eigenvalue weighted by molar-refractivity contribution is -0.129. The molecule has 6 rings (SSSR count). The van der Waals surface area contributed by atoms with Crippen molar-refractivity contribution in [1.29, 1.82) is 0 Å². The van der Waals surface area contributed by atoms with Crippen molar-refractivity contribution in [2.75, 3.05) is 39.8 Å². The fourth-order valence-electron chi connectivity index (χ4n) is 5.21. The van der Waals surface area contributed by atoms with Crippen LogP contribution in [0, 0.1) is 0 Å². The number of amides is 1. The Morgan fingerprint density at radius 1 is 0.949 bits per heavy atom. The van der Waals surface area contributed by atoms with E-state index in [0.29, 0.717) is 18.7 Å². The molecule has 1 saturated heterocycles. The van der Waals surface area contributed by atoms with Gasteiger partial charge in [0.1, 0.15) is 17.9 Å². The molecule has 1 fully saturated rings. The number of H-pyrrole nitrogens is 1. The summed E-state index contributed by atoms with van der Waals surface area (Å²) in [4.78, 5) is 36.4. The minimum Gasteiger partial charge on any atom is -0.492 e. The quantitative estimate of drug-likeness (QED) is 0.360. The topological polar surface area (TPSA) is 83.5 Å². The second kappa shape index (κ2) is 10.4. The third-order valence-electron chi connectivity index (χ3n) is 7.47. The van der Waals surface area contributed by atoms with Crippen LogP contribution >= 0.6 is 0 Å². The predicted molar refractivity (Wildman–Crippen MR) is 154 cm³/mol. The molecule has 39 heavy (non-hydrogen) atoms. The smallest absolute Gasteiger partial charge is 0.274 e. The van der Waals surface area contributed by atoms with Crippen molar-refractivity contribution in [3.63, 3.8) is 0 Å². The van der Waals surface area contributed by atoms with Crippen LogP contribution < -0.4 is 10.3 Å². The van der Waals surface area contributed by atoms with Gasteiger partial charge >= 0.3 is 0 Å². The minimum atomic E-state index is -0.0378. The standard InChI is InChI=1S/C31H31N5O3/c1-34-14-3-15-36(20-29(34)37)16-17-39-24-8-4-21(5-9-24)27-11-7-23-18-22(6-10-28(23)33-27)26-19-35(2)31(38)30-25(26)12-13-32-30/h4-13,18-19,32H,3,14-17,20H2,1-2H3. The first-order valence-electron chi connectivity index (χ1n) is 13.2. The molecule has 0 atom stereocenters. The number of ether oxygens (including phenoxy) is 1. The normalized spacial score (nSPS) is 14.7. The van der Waals surface area contributed by atoms with Crippen LogP contribution in [0.1, 0.15) is 6.42 Å². The van der Waals surface area contributed by atoms with Crippen molar-refractivity contribution < 1.29 is 9.53 Å². The fraction of sp³-hybridized carbons (Fsp3) is 0.258. The van der Waals surface area contributed by atoms with Gasteiger partial charge < -0.3 is 19.2 Å². The molecule has 0 bridgehead atoms. The van der Waals surface area contributed by atoms with Crippen LogP contribution in [-0.4, -0.2) is 70.1 Å². The number of carbonyl (C=O) groups is 1. The Balaban J connectivity index is 1.15. The summed E-state index contributed by atoms with van der Waals surface area (Å²) in [5.74, 6) is 0.969. The molecule has 1 aliphatic rings. The third kappa shape index (κ3) is 5.03. The zero-order valence-corrected chi connectivity index (χ0v) is 22.2. The van der Waals surface area contributed by atoms with Gasteiger partial charge in [-0.1, -0.05) is 12.1 Å². The Morgan fingerprint density at radius 3 is 2.62 bits per heavy atom. The number of hydrogen-bond acceptors (Lipinski definition) is 5. The van der Waals surface area contributed by atoms with Crippen molar-refractivity contribution in [2.24, 2.45) is 7.05 Å². The number of fused-ring (bicyclic) bond motifs is 2. The summed E-state index contributed by atoms with van der Waals surface area (Å²) < 4.78 is 7.57. The average Bonchev–Trinajstić information content (AvgIpc) is 3.39. The van der Waals surface area contributed by atoms with Crippen molar-refractivity contribution >= 4 is 27.7 Å². The SMILES string of the molecule is CN1CCCN(CCOc2ccc(-c3ccc4cc(-c5cn(C)c(=O)c6[nH]ccc56)ccc4n3)cc2)CC1=O. The Kier molecular flexibility index (Phi) is 6.62. The number of pyridine rings is 2. The van der Waals surface area contributed by atoms with E-state index in [1.165, 1.54) is 0 Å². The molecule has 0 spiro atoms. The summed E-state index contributed by atoms with van der Waals surface area (Å²) in [7, 11) is 3.64. The largest absolute Gasteiger partial charge is 0.492 e. The van der Waals surface area contributed by atoms with Crippen LogP contribution in [0.3, 0.4) is 0 Å². The van der Waals surface area contributed by atoms with Gasteiger partial charge in [-0.25, -0.2) is 4.98 Å². The van der Waals surface area contributed by atoms with Gasteiger partial charge in [0.15, 0.2) is 0 Å². The van der Waals surface area contributed by atoms with E-state index in [0.717, 1.165) is 70.5 Å². The molecule has 1 amide bonds. The molecule has 2 aromatic carbocycles. The van der Waals surface area contributed by atoms with Crippen molar-refractivity contribution in [3.05, 3.63) is 83.4 Å². The number of nitrogens with one attached hydrogen (secondary N) is 1. The van der Waals surface area contributed by atoms with Gasteiger partial charge in [0, 0.05) is 68.0 Å². The van der Waals surface area contributed by atoms with Crippen molar-refractivity contribution in [3.8, 4) is 28.1 Å². The maximum Gasteiger partial charge on any atom is 0.274 e. The van der Waals surface area contributed by atoms with E-state index in [1.54, 1.807) is 22.7 Å². The van der Waals surface area contributed by atoms with E-state index < -0.39 is 0 Å². The zero-order chi connectivity index (χ0) is 26.9. The maximum absolute atomic E-state index is 12.4.